The van der Waals surface area contributed by atoms with Crippen molar-refractivity contribution in [3.05, 3.63) is 55.1 Å². The summed E-state index contributed by atoms with van der Waals surface area (Å²) < 4.78 is 4.64. The molecule has 5 rings (SSSR count). The molecule has 6 atom stereocenters. The average Bonchev–Trinajstić information content (AvgIpc) is 3.48. The summed E-state index contributed by atoms with van der Waals surface area (Å²) >= 11 is 5.34. The second-order valence-electron chi connectivity index (χ2n) is 9.79. The molecule has 1 spiro atoms. The number of carbonyl (C=O) groups excluding carboxylic acids is 3. The number of amides is 2. The number of fused-ring (bicyclic) bond motifs is 2. The molecule has 0 saturated carbocycles. The number of hydrogen-bond acceptors (Lipinski definition) is 6. The Balaban J connectivity index is 1.58. The number of thioether (sulfide) groups is 1. The third-order valence-electron chi connectivity index (χ3n) is 7.76. The predicted octanol–water partition coefficient (Wildman–Crippen LogP) is 3.77. The summed E-state index contributed by atoms with van der Waals surface area (Å²) in [5, 5.41) is 11.5. The minimum Gasteiger partial charge on any atom is -0.466 e. The molecule has 0 aromatic heterocycles. The summed E-state index contributed by atoms with van der Waals surface area (Å²) in [5.74, 6) is -2.02. The van der Waals surface area contributed by atoms with Crippen LogP contribution in [0.15, 0.2) is 55.1 Å². The van der Waals surface area contributed by atoms with Crippen LogP contribution in [0.4, 0.5) is 5.69 Å². The van der Waals surface area contributed by atoms with Gasteiger partial charge >= 0.3 is 5.97 Å². The molecule has 2 aromatic carbocycles. The van der Waals surface area contributed by atoms with Crippen molar-refractivity contribution in [3.63, 3.8) is 0 Å². The summed E-state index contributed by atoms with van der Waals surface area (Å²) in [6, 6.07) is 13.1. The smallest absolute Gasteiger partial charge is 0.310 e. The number of anilines is 1. The molecule has 7 nitrogen and oxygen atoms in total. The van der Waals surface area contributed by atoms with E-state index >= 15 is 0 Å². The lowest BCUT2D eigenvalue weighted by Crippen LogP contribution is -2.55. The molecule has 0 aliphatic carbocycles. The van der Waals surface area contributed by atoms with Gasteiger partial charge in [-0.1, -0.05) is 52.3 Å². The SMILES string of the molecule is C=CCN(C(=O)C1N(CCCO)C(=O)[C@@H]2[C@@H](C(=O)OCC)[C@@H]3SC12CC3Br)c1ccc2ccccc2c1. The Morgan fingerprint density at radius 1 is 1.30 bits per heavy atom. The number of rotatable bonds is 9. The van der Waals surface area contributed by atoms with Crippen molar-refractivity contribution in [1.29, 1.82) is 0 Å². The van der Waals surface area contributed by atoms with Gasteiger partial charge in [-0.3, -0.25) is 14.4 Å². The summed E-state index contributed by atoms with van der Waals surface area (Å²) in [6.07, 6.45) is 2.64. The van der Waals surface area contributed by atoms with Crippen molar-refractivity contribution >= 4 is 61.9 Å². The number of aliphatic hydroxyl groups is 1. The molecule has 2 amide bonds. The van der Waals surface area contributed by atoms with Gasteiger partial charge in [-0.2, -0.15) is 0 Å². The number of likely N-dealkylation sites (tertiary alicyclic amines) is 1. The van der Waals surface area contributed by atoms with Gasteiger partial charge in [-0.05, 0) is 42.7 Å². The van der Waals surface area contributed by atoms with Gasteiger partial charge < -0.3 is 19.6 Å². The van der Waals surface area contributed by atoms with Crippen molar-refractivity contribution in [2.45, 2.75) is 40.6 Å². The number of benzene rings is 2. The molecule has 37 heavy (non-hydrogen) atoms. The fraction of sp³-hybridized carbons (Fsp3) is 0.464. The van der Waals surface area contributed by atoms with E-state index in [1.165, 1.54) is 0 Å². The van der Waals surface area contributed by atoms with Crippen LogP contribution >= 0.6 is 27.7 Å². The topological polar surface area (TPSA) is 87.2 Å². The maximum Gasteiger partial charge on any atom is 0.310 e. The van der Waals surface area contributed by atoms with E-state index in [2.05, 4.69) is 22.5 Å². The van der Waals surface area contributed by atoms with Gasteiger partial charge in [0.15, 0.2) is 0 Å². The van der Waals surface area contributed by atoms with Gasteiger partial charge in [0, 0.05) is 35.5 Å². The maximum absolute atomic E-state index is 14.5. The van der Waals surface area contributed by atoms with E-state index in [0.717, 1.165) is 16.5 Å². The van der Waals surface area contributed by atoms with Gasteiger partial charge in [0.1, 0.15) is 6.04 Å². The van der Waals surface area contributed by atoms with Gasteiger partial charge in [0.25, 0.3) is 5.91 Å². The number of halogens is 1. The Morgan fingerprint density at radius 2 is 2.05 bits per heavy atom. The van der Waals surface area contributed by atoms with Crippen molar-refractivity contribution < 1.29 is 24.2 Å². The Bertz CT molecular complexity index is 1240. The molecule has 3 heterocycles. The monoisotopic (exact) mass is 586 g/mol. The quantitative estimate of drug-likeness (QED) is 0.273. The lowest BCUT2D eigenvalue weighted by atomic mass is 9.71. The van der Waals surface area contributed by atoms with Crippen LogP contribution in [-0.2, 0) is 19.1 Å². The highest BCUT2D eigenvalue weighted by Gasteiger charge is 2.76. The molecule has 3 unspecified atom stereocenters. The zero-order valence-corrected chi connectivity index (χ0v) is 23.1. The molecular formula is C28H31BrN2O5S. The van der Waals surface area contributed by atoms with E-state index < -0.39 is 22.6 Å². The van der Waals surface area contributed by atoms with Crippen molar-refractivity contribution in [2.24, 2.45) is 11.8 Å². The standard InChI is InChI=1S/C28H31BrN2O5S/c1-3-12-30(19-11-10-17-8-5-6-9-18(17)15-19)26(34)24-28-16-20(29)23(37-28)21(27(35)36-4-2)22(28)25(33)31(24)13-7-14-32/h3,5-6,8-11,15,20-24,32H,1,4,7,12-14,16H2,2H3/t20?,21-,22+,23-,24?,28?/m1/s1. The van der Waals surface area contributed by atoms with E-state index in [1.54, 1.807) is 34.6 Å². The second-order valence-corrected chi connectivity index (χ2v) is 12.5. The summed E-state index contributed by atoms with van der Waals surface area (Å²) in [4.78, 5) is 44.8. The first-order valence-corrected chi connectivity index (χ1v) is 14.5. The van der Waals surface area contributed by atoms with Crippen LogP contribution in [0.3, 0.4) is 0 Å². The van der Waals surface area contributed by atoms with E-state index in [0.29, 0.717) is 12.8 Å². The largest absolute Gasteiger partial charge is 0.466 e. The lowest BCUT2D eigenvalue weighted by molar-refractivity contribution is -0.153. The third-order valence-corrected chi connectivity index (χ3v) is 11.0. The normalized spacial score (nSPS) is 30.0. The van der Waals surface area contributed by atoms with Crippen LogP contribution < -0.4 is 4.90 Å². The van der Waals surface area contributed by atoms with Crippen molar-refractivity contribution in [2.75, 3.05) is 31.2 Å². The summed E-state index contributed by atoms with van der Waals surface area (Å²) in [7, 11) is 0. The second kappa shape index (κ2) is 10.4. The van der Waals surface area contributed by atoms with Crippen LogP contribution in [0.5, 0.6) is 0 Å². The van der Waals surface area contributed by atoms with Gasteiger partial charge in [-0.15, -0.1) is 18.3 Å². The van der Waals surface area contributed by atoms with E-state index in [1.807, 2.05) is 42.5 Å². The first kappa shape index (κ1) is 26.3. The van der Waals surface area contributed by atoms with Crippen LogP contribution in [0.25, 0.3) is 10.8 Å². The van der Waals surface area contributed by atoms with Gasteiger partial charge in [-0.25, -0.2) is 0 Å². The highest BCUT2D eigenvalue weighted by atomic mass is 79.9. The fourth-order valence-electron chi connectivity index (χ4n) is 6.34. The highest BCUT2D eigenvalue weighted by Crippen LogP contribution is 2.68. The fourth-order valence-corrected chi connectivity index (χ4v) is 9.94. The maximum atomic E-state index is 14.5. The molecule has 2 bridgehead atoms. The predicted molar refractivity (Wildman–Crippen MR) is 149 cm³/mol. The van der Waals surface area contributed by atoms with E-state index in [9.17, 15) is 19.5 Å². The number of carbonyl (C=O) groups is 3. The molecule has 1 N–H and O–H groups in total. The lowest BCUT2D eigenvalue weighted by Gasteiger charge is -2.37. The molecule has 2 aromatic rings. The summed E-state index contributed by atoms with van der Waals surface area (Å²) in [5.41, 5.74) is 0.730. The summed E-state index contributed by atoms with van der Waals surface area (Å²) in [6.45, 7) is 6.30. The Kier molecular flexibility index (Phi) is 7.40. The van der Waals surface area contributed by atoms with Crippen LogP contribution in [0.1, 0.15) is 19.8 Å². The Labute approximate surface area is 229 Å². The van der Waals surface area contributed by atoms with E-state index in [-0.39, 0.29) is 54.2 Å². The zero-order valence-electron chi connectivity index (χ0n) is 20.7. The molecule has 196 valence electrons. The number of alkyl halides is 1. The molecule has 0 radical (unpaired) electrons. The van der Waals surface area contributed by atoms with Gasteiger partial charge in [0.2, 0.25) is 5.91 Å². The molecule has 9 heteroatoms. The van der Waals surface area contributed by atoms with Crippen molar-refractivity contribution in [3.8, 4) is 0 Å². The first-order chi connectivity index (χ1) is 17.9. The average molecular weight is 588 g/mol. The molecular weight excluding hydrogens is 556 g/mol. The number of hydrogen-bond donors (Lipinski definition) is 1. The third kappa shape index (κ3) is 4.19. The number of esters is 1. The minimum atomic E-state index is -0.766. The number of ether oxygens (including phenoxy) is 1. The highest BCUT2D eigenvalue weighted by molar-refractivity contribution is 9.09. The Morgan fingerprint density at radius 3 is 2.76 bits per heavy atom. The van der Waals surface area contributed by atoms with Crippen LogP contribution in [-0.4, -0.2) is 75.0 Å². The minimum absolute atomic E-state index is 0.0161. The van der Waals surface area contributed by atoms with Crippen molar-refractivity contribution in [1.82, 2.24) is 4.90 Å². The van der Waals surface area contributed by atoms with E-state index in [4.69, 9.17) is 4.74 Å². The van der Waals surface area contributed by atoms with Crippen LogP contribution in [0.2, 0.25) is 0 Å². The number of aliphatic hydroxyl groups excluding tert-OH is 1. The number of nitrogens with zero attached hydrogens (tertiary/aromatic N) is 2. The molecule has 3 aliphatic heterocycles. The van der Waals surface area contributed by atoms with Crippen LogP contribution in [0, 0.1) is 11.8 Å². The van der Waals surface area contributed by atoms with Gasteiger partial charge in [0.05, 0.1) is 23.2 Å². The first-order valence-electron chi connectivity index (χ1n) is 12.7. The molecule has 3 saturated heterocycles. The molecule has 3 aliphatic rings. The zero-order chi connectivity index (χ0) is 26.3. The Hall–Kier alpha value is -2.36. The molecule has 3 fully saturated rings.